The van der Waals surface area contributed by atoms with Crippen molar-refractivity contribution in [3.05, 3.63) is 132 Å². The molecule has 2 aromatic carbocycles. The average Bonchev–Trinajstić information content (AvgIpc) is 3.53. The second-order valence-corrected chi connectivity index (χ2v) is 9.93. The maximum Gasteiger partial charge on any atom is 0.678 e. The summed E-state index contributed by atoms with van der Waals surface area (Å²) in [5.41, 5.74) is -0.00703. The van der Waals surface area contributed by atoms with Crippen LogP contribution >= 0.6 is 23.2 Å². The van der Waals surface area contributed by atoms with Gasteiger partial charge in [0.15, 0.2) is 0 Å². The summed E-state index contributed by atoms with van der Waals surface area (Å²) in [4.78, 5) is 29.6. The number of benzene rings is 2. The van der Waals surface area contributed by atoms with Crippen molar-refractivity contribution in [3.63, 3.8) is 0 Å². The molecular formula is C29H20BCl2F2N4O3-. The van der Waals surface area contributed by atoms with Gasteiger partial charge in [-0.25, -0.2) is 9.79 Å². The topological polar surface area (TPSA) is 84.3 Å². The number of hydrogen-bond acceptors (Lipinski definition) is 4. The Morgan fingerprint density at radius 2 is 1.56 bits per heavy atom. The highest BCUT2D eigenvalue weighted by Gasteiger charge is 2.30. The van der Waals surface area contributed by atoms with Crippen molar-refractivity contribution < 1.29 is 13.7 Å². The molecule has 0 bridgehead atoms. The van der Waals surface area contributed by atoms with Gasteiger partial charge in [-0.1, -0.05) is 83.9 Å². The van der Waals surface area contributed by atoms with E-state index in [1.54, 1.807) is 42.5 Å². The number of aliphatic imine (C=N–C) groups is 1. The fourth-order valence-corrected chi connectivity index (χ4v) is 5.13. The first kappa shape index (κ1) is 28.1. The van der Waals surface area contributed by atoms with Crippen LogP contribution in [0.25, 0.3) is 22.9 Å². The van der Waals surface area contributed by atoms with E-state index in [0.717, 1.165) is 13.6 Å². The van der Waals surface area contributed by atoms with Crippen molar-refractivity contribution in [2.75, 3.05) is 0 Å². The van der Waals surface area contributed by atoms with Crippen LogP contribution in [0.4, 0.5) is 8.63 Å². The normalized spacial score (nSPS) is 14.4. The zero-order chi connectivity index (χ0) is 29.4. The van der Waals surface area contributed by atoms with E-state index >= 15 is 0 Å². The Balaban J connectivity index is 1.80. The first-order valence-electron chi connectivity index (χ1n) is 12.3. The molecule has 0 aliphatic carbocycles. The molecule has 0 spiro atoms. The Hall–Kier alpha value is -4.41. The molecule has 0 atom stereocenters. The maximum atomic E-state index is 14.7. The molecule has 0 N–H and O–H groups in total. The van der Waals surface area contributed by atoms with Crippen LogP contribution in [0.3, 0.4) is 0 Å². The molecule has 2 aromatic heterocycles. The fraction of sp³-hybridized carbons (Fsp3) is 0.0690. The molecule has 0 radical (unpaired) electrons. The molecule has 0 fully saturated rings. The van der Waals surface area contributed by atoms with Crippen molar-refractivity contribution in [3.8, 4) is 17.1 Å². The molecule has 4 aromatic rings. The molecule has 41 heavy (non-hydrogen) atoms. The highest BCUT2D eigenvalue weighted by molar-refractivity contribution is 6.47. The van der Waals surface area contributed by atoms with Gasteiger partial charge in [-0.2, -0.15) is 0 Å². The maximum absolute atomic E-state index is 14.7. The number of nitrogens with zero attached hydrogens (tertiary/aromatic N) is 4. The minimum absolute atomic E-state index is 0.0250. The molecule has 1 aliphatic heterocycles. The van der Waals surface area contributed by atoms with E-state index in [1.165, 1.54) is 38.4 Å². The van der Waals surface area contributed by atoms with E-state index in [4.69, 9.17) is 23.2 Å². The third-order valence-electron chi connectivity index (χ3n) is 6.61. The van der Waals surface area contributed by atoms with Gasteiger partial charge in [-0.15, -0.1) is 0 Å². The van der Waals surface area contributed by atoms with Gasteiger partial charge in [0, 0.05) is 36.5 Å². The summed E-state index contributed by atoms with van der Waals surface area (Å²) in [5, 5.41) is 13.1. The van der Waals surface area contributed by atoms with E-state index in [-0.39, 0.29) is 38.3 Å². The van der Waals surface area contributed by atoms with Gasteiger partial charge >= 0.3 is 13.1 Å². The third-order valence-corrected chi connectivity index (χ3v) is 7.19. The van der Waals surface area contributed by atoms with Gasteiger partial charge < -0.3 is 14.2 Å². The molecule has 7 nitrogen and oxygen atoms in total. The average molecular weight is 592 g/mol. The van der Waals surface area contributed by atoms with Gasteiger partial charge in [0.05, 0.1) is 27.2 Å². The van der Waals surface area contributed by atoms with Crippen LogP contribution in [0.1, 0.15) is 16.8 Å². The predicted octanol–water partition coefficient (Wildman–Crippen LogP) is 5.10. The van der Waals surface area contributed by atoms with Crippen molar-refractivity contribution >= 4 is 48.0 Å². The predicted molar refractivity (Wildman–Crippen MR) is 157 cm³/mol. The molecule has 206 valence electrons. The van der Waals surface area contributed by atoms with Gasteiger partial charge in [0.2, 0.25) is 0 Å². The zero-order valence-corrected chi connectivity index (χ0v) is 23.2. The number of hydrogen-bond donors (Lipinski definition) is 0. The van der Waals surface area contributed by atoms with Crippen molar-refractivity contribution in [1.82, 2.24) is 13.6 Å². The van der Waals surface area contributed by atoms with Crippen molar-refractivity contribution in [2.45, 2.75) is 0 Å². The molecule has 3 heterocycles. The Labute approximate surface area is 243 Å². The lowest BCUT2D eigenvalue weighted by molar-refractivity contribution is -0.280. The Kier molecular flexibility index (Phi) is 7.71. The van der Waals surface area contributed by atoms with Crippen molar-refractivity contribution in [1.29, 1.82) is 0 Å². The monoisotopic (exact) mass is 591 g/mol. The van der Waals surface area contributed by atoms with Crippen LogP contribution in [-0.2, 0) is 14.1 Å². The molecule has 0 amide bonds. The summed E-state index contributed by atoms with van der Waals surface area (Å²) in [5.74, 6) is -0.834. The van der Waals surface area contributed by atoms with Crippen LogP contribution in [0, 0.1) is 0 Å². The second-order valence-electron chi connectivity index (χ2n) is 9.12. The standard InChI is InChI=1S/C29H21BCl2F2N4O3/c1-36-27(39)20(28(40)37(2)29(36)41)14-13-19(23-15-21(31)25(35-23)17-9-5-3-6-10-17)24-16-22(32)26(38(24)30(33)34)18-11-7-4-8-12-18/h3-16,39H,1-2H3/p-1/b14-13+,23-19-. The Morgan fingerprint density at radius 1 is 0.951 bits per heavy atom. The lowest BCUT2D eigenvalue weighted by Gasteiger charge is -2.17. The van der Waals surface area contributed by atoms with Gasteiger partial charge in [-0.3, -0.25) is 18.0 Å². The minimum atomic E-state index is -3.02. The SMILES string of the molecule is Cn1c([O-])c(/C=C/C(=C2\C=C(Cl)C(c3ccccc3)=N2)c2cc(Cl)c(-c3ccccc3)n2B(F)F)c(=O)n(C)c1=O. The summed E-state index contributed by atoms with van der Waals surface area (Å²) < 4.78 is 31.8. The molecular weight excluding hydrogens is 572 g/mol. The van der Waals surface area contributed by atoms with E-state index in [1.807, 2.05) is 18.2 Å². The van der Waals surface area contributed by atoms with Crippen LogP contribution in [0.2, 0.25) is 5.02 Å². The van der Waals surface area contributed by atoms with Gasteiger partial charge in [-0.05, 0) is 35.7 Å². The summed E-state index contributed by atoms with van der Waals surface area (Å²) in [7, 11) is -0.537. The summed E-state index contributed by atoms with van der Waals surface area (Å²) in [6.07, 6.45) is 4.03. The largest absolute Gasteiger partial charge is 0.859 e. The van der Waals surface area contributed by atoms with Crippen molar-refractivity contribution in [2.24, 2.45) is 19.1 Å². The molecule has 5 rings (SSSR count). The summed E-state index contributed by atoms with van der Waals surface area (Å²) >= 11 is 13.1. The van der Waals surface area contributed by atoms with E-state index in [2.05, 4.69) is 4.99 Å². The Morgan fingerprint density at radius 3 is 2.17 bits per heavy atom. The first-order chi connectivity index (χ1) is 19.6. The third kappa shape index (κ3) is 5.12. The van der Waals surface area contributed by atoms with Gasteiger partial charge in [0.25, 0.3) is 5.56 Å². The van der Waals surface area contributed by atoms with Crippen LogP contribution < -0.4 is 16.4 Å². The fourth-order valence-electron chi connectivity index (χ4n) is 4.57. The first-order valence-corrected chi connectivity index (χ1v) is 13.0. The van der Waals surface area contributed by atoms with E-state index < -0.39 is 24.5 Å². The molecule has 0 unspecified atom stereocenters. The number of rotatable bonds is 6. The quantitative estimate of drug-likeness (QED) is 0.292. The smallest absolute Gasteiger partial charge is 0.678 e. The number of halogens is 4. The summed E-state index contributed by atoms with van der Waals surface area (Å²) in [6.45, 7) is 0. The highest BCUT2D eigenvalue weighted by atomic mass is 35.5. The second kappa shape index (κ2) is 11.2. The summed E-state index contributed by atoms with van der Waals surface area (Å²) in [6, 6.07) is 18.9. The van der Waals surface area contributed by atoms with Crippen LogP contribution in [0.5, 0.6) is 5.88 Å². The van der Waals surface area contributed by atoms with E-state index in [9.17, 15) is 23.3 Å². The highest BCUT2D eigenvalue weighted by Crippen LogP contribution is 2.38. The minimum Gasteiger partial charge on any atom is -0.859 e. The van der Waals surface area contributed by atoms with Gasteiger partial charge in [0.1, 0.15) is 0 Å². The zero-order valence-electron chi connectivity index (χ0n) is 21.7. The molecule has 0 saturated carbocycles. The lowest BCUT2D eigenvalue weighted by Crippen LogP contribution is -2.39. The number of aromatic nitrogens is 3. The molecule has 1 aliphatic rings. The molecule has 0 saturated heterocycles. The lowest BCUT2D eigenvalue weighted by atomic mass is 10.0. The Bertz CT molecular complexity index is 1910. The van der Waals surface area contributed by atoms with E-state index in [0.29, 0.717) is 16.8 Å². The van der Waals surface area contributed by atoms with Crippen LogP contribution in [0.15, 0.2) is 104 Å². The molecule has 12 heteroatoms. The van der Waals surface area contributed by atoms with Crippen LogP contribution in [-0.4, -0.2) is 26.7 Å². The number of allylic oxidation sites excluding steroid dienone is 4.